The lowest BCUT2D eigenvalue weighted by Gasteiger charge is -2.15. The molecule has 7 nitrogen and oxygen atoms in total. The Kier molecular flexibility index (Phi) is 8.10. The molecule has 1 heterocycles. The standard InChI is InChI=1S/C20H32N6O/c1-15(2)7-6-10-27-18-11-16(3)8-9-17(18)12-22-20(21-4)23-13-19-25-24-14-26(19)5/h8-9,11,14-15H,6-7,10,12-13H2,1-5H3,(H2,21,22,23). The van der Waals surface area contributed by atoms with Crippen LogP contribution in [0.5, 0.6) is 5.75 Å². The maximum absolute atomic E-state index is 6.05. The van der Waals surface area contributed by atoms with Gasteiger partial charge in [-0.15, -0.1) is 10.2 Å². The summed E-state index contributed by atoms with van der Waals surface area (Å²) in [5.74, 6) is 3.21. The predicted molar refractivity (Wildman–Crippen MR) is 109 cm³/mol. The van der Waals surface area contributed by atoms with Crippen molar-refractivity contribution in [2.24, 2.45) is 18.0 Å². The Hall–Kier alpha value is -2.57. The SMILES string of the molecule is CN=C(NCc1ccc(C)cc1OCCCC(C)C)NCc1nncn1C. The number of aryl methyl sites for hydroxylation is 2. The minimum absolute atomic E-state index is 0.558. The third kappa shape index (κ3) is 6.92. The van der Waals surface area contributed by atoms with Crippen LogP contribution in [0.3, 0.4) is 0 Å². The average Bonchev–Trinajstić information content (AvgIpc) is 3.05. The normalized spacial score (nSPS) is 11.7. The topological polar surface area (TPSA) is 76.4 Å². The minimum atomic E-state index is 0.558. The van der Waals surface area contributed by atoms with Crippen LogP contribution in [0.1, 0.15) is 43.6 Å². The van der Waals surface area contributed by atoms with Gasteiger partial charge in [-0.3, -0.25) is 4.99 Å². The number of aromatic nitrogens is 3. The fourth-order valence-electron chi connectivity index (χ4n) is 2.65. The molecular weight excluding hydrogens is 340 g/mol. The number of nitrogens with one attached hydrogen (secondary N) is 2. The van der Waals surface area contributed by atoms with E-state index in [2.05, 4.69) is 64.8 Å². The first-order valence-corrected chi connectivity index (χ1v) is 9.49. The van der Waals surface area contributed by atoms with Gasteiger partial charge in [-0.2, -0.15) is 0 Å². The number of guanidine groups is 1. The highest BCUT2D eigenvalue weighted by molar-refractivity contribution is 5.79. The summed E-state index contributed by atoms with van der Waals surface area (Å²) in [5.41, 5.74) is 2.31. The molecule has 0 aliphatic carbocycles. The summed E-state index contributed by atoms with van der Waals surface area (Å²) in [6.07, 6.45) is 3.93. The van der Waals surface area contributed by atoms with Crippen LogP contribution >= 0.6 is 0 Å². The van der Waals surface area contributed by atoms with E-state index in [0.29, 0.717) is 25.0 Å². The molecule has 2 aromatic rings. The third-order valence-corrected chi connectivity index (χ3v) is 4.30. The number of rotatable bonds is 9. The van der Waals surface area contributed by atoms with Gasteiger partial charge in [-0.05, 0) is 37.3 Å². The van der Waals surface area contributed by atoms with E-state index in [-0.39, 0.29) is 0 Å². The summed E-state index contributed by atoms with van der Waals surface area (Å²) >= 11 is 0. The number of hydrogen-bond acceptors (Lipinski definition) is 4. The van der Waals surface area contributed by atoms with Crippen molar-refractivity contribution in [3.63, 3.8) is 0 Å². The molecule has 0 unspecified atom stereocenters. The molecule has 7 heteroatoms. The molecule has 0 aliphatic heterocycles. The quantitative estimate of drug-likeness (QED) is 0.402. The summed E-state index contributed by atoms with van der Waals surface area (Å²) in [7, 11) is 3.67. The Bertz CT molecular complexity index is 738. The van der Waals surface area contributed by atoms with Crippen LogP contribution in [-0.2, 0) is 20.1 Å². The van der Waals surface area contributed by atoms with Crippen LogP contribution in [-0.4, -0.2) is 34.4 Å². The Balaban J connectivity index is 1.90. The van der Waals surface area contributed by atoms with Crippen molar-refractivity contribution in [1.82, 2.24) is 25.4 Å². The molecule has 2 rings (SSSR count). The average molecular weight is 373 g/mol. The molecular formula is C20H32N6O. The Labute approximate surface area is 162 Å². The zero-order valence-electron chi connectivity index (χ0n) is 17.1. The van der Waals surface area contributed by atoms with Gasteiger partial charge < -0.3 is 19.9 Å². The zero-order valence-corrected chi connectivity index (χ0v) is 17.1. The van der Waals surface area contributed by atoms with Crippen molar-refractivity contribution in [3.05, 3.63) is 41.5 Å². The fraction of sp³-hybridized carbons (Fsp3) is 0.550. The van der Waals surface area contributed by atoms with E-state index in [0.717, 1.165) is 30.2 Å². The maximum Gasteiger partial charge on any atom is 0.191 e. The second-order valence-electron chi connectivity index (χ2n) is 7.13. The van der Waals surface area contributed by atoms with Gasteiger partial charge in [0.25, 0.3) is 0 Å². The largest absolute Gasteiger partial charge is 0.493 e. The number of ether oxygens (including phenoxy) is 1. The fourth-order valence-corrected chi connectivity index (χ4v) is 2.65. The van der Waals surface area contributed by atoms with E-state index in [1.807, 2.05) is 11.6 Å². The van der Waals surface area contributed by atoms with Gasteiger partial charge in [-0.25, -0.2) is 0 Å². The second kappa shape index (κ2) is 10.5. The number of aliphatic imine (C=N–C) groups is 1. The molecule has 1 aromatic heterocycles. The van der Waals surface area contributed by atoms with Crippen molar-refractivity contribution >= 4 is 5.96 Å². The lowest BCUT2D eigenvalue weighted by Crippen LogP contribution is -2.37. The van der Waals surface area contributed by atoms with E-state index in [4.69, 9.17) is 4.74 Å². The Morgan fingerprint density at radius 1 is 1.26 bits per heavy atom. The molecule has 148 valence electrons. The highest BCUT2D eigenvalue weighted by Gasteiger charge is 2.07. The number of nitrogens with zero attached hydrogens (tertiary/aromatic N) is 4. The highest BCUT2D eigenvalue weighted by Crippen LogP contribution is 2.21. The van der Waals surface area contributed by atoms with Crippen LogP contribution in [0, 0.1) is 12.8 Å². The minimum Gasteiger partial charge on any atom is -0.493 e. The van der Waals surface area contributed by atoms with Gasteiger partial charge in [0.15, 0.2) is 11.8 Å². The van der Waals surface area contributed by atoms with E-state index in [1.165, 1.54) is 12.0 Å². The molecule has 0 fully saturated rings. The van der Waals surface area contributed by atoms with Crippen molar-refractivity contribution < 1.29 is 4.74 Å². The number of benzene rings is 1. The summed E-state index contributed by atoms with van der Waals surface area (Å²) in [4.78, 5) is 4.27. The molecule has 27 heavy (non-hydrogen) atoms. The molecule has 0 atom stereocenters. The molecule has 0 saturated carbocycles. The first-order chi connectivity index (χ1) is 13.0. The second-order valence-corrected chi connectivity index (χ2v) is 7.13. The first kappa shape index (κ1) is 20.7. The summed E-state index contributed by atoms with van der Waals surface area (Å²) < 4.78 is 7.93. The molecule has 1 aromatic carbocycles. The Morgan fingerprint density at radius 3 is 2.70 bits per heavy atom. The van der Waals surface area contributed by atoms with Gasteiger partial charge in [0.05, 0.1) is 13.2 Å². The van der Waals surface area contributed by atoms with E-state index < -0.39 is 0 Å². The maximum atomic E-state index is 6.05. The van der Waals surface area contributed by atoms with E-state index >= 15 is 0 Å². The van der Waals surface area contributed by atoms with Gasteiger partial charge in [0.1, 0.15) is 12.1 Å². The highest BCUT2D eigenvalue weighted by atomic mass is 16.5. The summed E-state index contributed by atoms with van der Waals surface area (Å²) in [5, 5.41) is 14.5. The van der Waals surface area contributed by atoms with Gasteiger partial charge in [0.2, 0.25) is 0 Å². The van der Waals surface area contributed by atoms with Crippen LogP contribution < -0.4 is 15.4 Å². The van der Waals surface area contributed by atoms with Crippen LogP contribution in [0.15, 0.2) is 29.5 Å². The van der Waals surface area contributed by atoms with Crippen molar-refractivity contribution in [3.8, 4) is 5.75 Å². The molecule has 0 radical (unpaired) electrons. The van der Waals surface area contributed by atoms with Crippen LogP contribution in [0.25, 0.3) is 0 Å². The lowest BCUT2D eigenvalue weighted by molar-refractivity contribution is 0.294. The molecule has 0 bridgehead atoms. The predicted octanol–water partition coefficient (Wildman–Crippen LogP) is 2.80. The van der Waals surface area contributed by atoms with E-state index in [9.17, 15) is 0 Å². The van der Waals surface area contributed by atoms with Gasteiger partial charge in [-0.1, -0.05) is 26.0 Å². The lowest BCUT2D eigenvalue weighted by atomic mass is 10.1. The third-order valence-electron chi connectivity index (χ3n) is 4.30. The van der Waals surface area contributed by atoms with Crippen LogP contribution in [0.2, 0.25) is 0 Å². The Morgan fingerprint density at radius 2 is 2.04 bits per heavy atom. The first-order valence-electron chi connectivity index (χ1n) is 9.49. The molecule has 2 N–H and O–H groups in total. The molecule has 0 aliphatic rings. The monoisotopic (exact) mass is 372 g/mol. The molecule has 0 amide bonds. The number of hydrogen-bond donors (Lipinski definition) is 2. The molecule has 0 saturated heterocycles. The van der Waals surface area contributed by atoms with Crippen molar-refractivity contribution in [2.75, 3.05) is 13.7 Å². The van der Waals surface area contributed by atoms with E-state index in [1.54, 1.807) is 13.4 Å². The van der Waals surface area contributed by atoms with Crippen LogP contribution in [0.4, 0.5) is 0 Å². The zero-order chi connectivity index (χ0) is 19.6. The van der Waals surface area contributed by atoms with Crippen molar-refractivity contribution in [1.29, 1.82) is 0 Å². The van der Waals surface area contributed by atoms with Crippen molar-refractivity contribution in [2.45, 2.75) is 46.7 Å². The molecule has 0 spiro atoms. The van der Waals surface area contributed by atoms with Gasteiger partial charge in [0, 0.05) is 26.2 Å². The van der Waals surface area contributed by atoms with Gasteiger partial charge >= 0.3 is 0 Å². The smallest absolute Gasteiger partial charge is 0.191 e. The summed E-state index contributed by atoms with van der Waals surface area (Å²) in [6, 6.07) is 6.31. The summed E-state index contributed by atoms with van der Waals surface area (Å²) in [6.45, 7) is 8.50.